The molecule has 0 unspecified atom stereocenters. The van der Waals surface area contributed by atoms with Crippen molar-refractivity contribution in [3.63, 3.8) is 0 Å². The number of fused-ring (bicyclic) bond motifs is 1. The predicted molar refractivity (Wildman–Crippen MR) is 130 cm³/mol. The van der Waals surface area contributed by atoms with Crippen LogP contribution in [-0.2, 0) is 4.79 Å². The smallest absolute Gasteiger partial charge is 0.349 e. The van der Waals surface area contributed by atoms with Crippen molar-refractivity contribution in [3.8, 4) is 0 Å². The molecule has 2 amide bonds. The summed E-state index contributed by atoms with van der Waals surface area (Å²) < 4.78 is 71.5. The molecule has 3 aromatic heterocycles. The lowest BCUT2D eigenvalue weighted by Gasteiger charge is -2.33. The van der Waals surface area contributed by atoms with Gasteiger partial charge >= 0.3 is 6.18 Å². The Morgan fingerprint density at radius 1 is 1.18 bits per heavy atom. The lowest BCUT2D eigenvalue weighted by atomic mass is 9.81. The van der Waals surface area contributed by atoms with Crippen LogP contribution >= 0.6 is 0 Å². The van der Waals surface area contributed by atoms with E-state index >= 15 is 0 Å². The summed E-state index contributed by atoms with van der Waals surface area (Å²) in [6, 6.07) is 0.273. The van der Waals surface area contributed by atoms with E-state index in [2.05, 4.69) is 35.7 Å². The molecular formula is C25H30F5N7O3. The van der Waals surface area contributed by atoms with Gasteiger partial charge in [0.1, 0.15) is 5.69 Å². The monoisotopic (exact) mass is 571 g/mol. The zero-order valence-corrected chi connectivity index (χ0v) is 22.1. The van der Waals surface area contributed by atoms with E-state index in [0.717, 1.165) is 0 Å². The van der Waals surface area contributed by atoms with Crippen LogP contribution in [0.5, 0.6) is 0 Å². The summed E-state index contributed by atoms with van der Waals surface area (Å²) in [7, 11) is 0. The highest BCUT2D eigenvalue weighted by Gasteiger charge is 2.40. The molecule has 1 saturated carbocycles. The van der Waals surface area contributed by atoms with E-state index in [1.165, 1.54) is 10.7 Å². The van der Waals surface area contributed by atoms with E-state index in [1.807, 2.05) is 0 Å². The Labute approximate surface area is 226 Å². The van der Waals surface area contributed by atoms with Gasteiger partial charge in [-0.1, -0.05) is 19.0 Å². The fourth-order valence-electron chi connectivity index (χ4n) is 4.84. The number of nitrogens with zero attached hydrogens (tertiary/aromatic N) is 5. The minimum absolute atomic E-state index is 0.0312. The third-order valence-electron chi connectivity index (χ3n) is 7.04. The molecule has 2 N–H and O–H groups in total. The van der Waals surface area contributed by atoms with Crippen LogP contribution in [0.25, 0.3) is 5.65 Å². The Morgan fingerprint density at radius 3 is 2.48 bits per heavy atom. The maximum absolute atomic E-state index is 13.9. The first-order valence-corrected chi connectivity index (χ1v) is 12.9. The number of halogens is 5. The van der Waals surface area contributed by atoms with Crippen LogP contribution in [0.4, 0.5) is 22.0 Å². The maximum atomic E-state index is 13.9. The van der Waals surface area contributed by atoms with Gasteiger partial charge in [-0.2, -0.15) is 18.3 Å². The number of rotatable bonds is 9. The largest absolute Gasteiger partial charge is 0.389 e. The number of carbonyl (C=O) groups is 2. The summed E-state index contributed by atoms with van der Waals surface area (Å²) in [6.45, 7) is 5.16. The summed E-state index contributed by atoms with van der Waals surface area (Å²) in [6.07, 6.45) is -3.65. The van der Waals surface area contributed by atoms with Crippen LogP contribution in [-0.4, -0.2) is 48.8 Å². The number of imidazole rings is 1. The number of hydrogen-bond donors (Lipinski definition) is 2. The lowest BCUT2D eigenvalue weighted by Crippen LogP contribution is -2.37. The van der Waals surface area contributed by atoms with E-state index < -0.39 is 48.8 Å². The van der Waals surface area contributed by atoms with Crippen molar-refractivity contribution >= 4 is 17.5 Å². The molecule has 40 heavy (non-hydrogen) atoms. The summed E-state index contributed by atoms with van der Waals surface area (Å²) in [5.41, 5.74) is 1.50. The van der Waals surface area contributed by atoms with Crippen LogP contribution in [0.2, 0.25) is 0 Å². The van der Waals surface area contributed by atoms with Crippen LogP contribution in [0.1, 0.15) is 91.9 Å². The van der Waals surface area contributed by atoms with Crippen molar-refractivity contribution in [2.45, 2.75) is 83.5 Å². The molecule has 218 valence electrons. The number of aromatic nitrogens is 5. The number of hydrogen-bond acceptors (Lipinski definition) is 7. The zero-order chi connectivity index (χ0) is 29.2. The van der Waals surface area contributed by atoms with Crippen LogP contribution < -0.4 is 10.6 Å². The highest BCUT2D eigenvalue weighted by molar-refractivity contribution is 5.93. The number of nitrogens with one attached hydrogen (secondary N) is 2. The number of alkyl halides is 5. The first-order valence-electron chi connectivity index (χ1n) is 12.9. The zero-order valence-electron chi connectivity index (χ0n) is 22.1. The lowest BCUT2D eigenvalue weighted by molar-refractivity contribution is -0.144. The average Bonchev–Trinajstić information content (AvgIpc) is 3.49. The van der Waals surface area contributed by atoms with Gasteiger partial charge < -0.3 is 10.6 Å². The summed E-state index contributed by atoms with van der Waals surface area (Å²) in [4.78, 5) is 29.8. The molecule has 4 rings (SSSR count). The van der Waals surface area contributed by atoms with Gasteiger partial charge in [-0.15, -0.1) is 0 Å². The number of carbonyl (C=O) groups excluding carboxylic acids is 2. The van der Waals surface area contributed by atoms with Gasteiger partial charge in [-0.05, 0) is 48.4 Å². The van der Waals surface area contributed by atoms with E-state index in [9.17, 15) is 31.5 Å². The number of aryl methyl sites for hydroxylation is 1. The van der Waals surface area contributed by atoms with Gasteiger partial charge in [0, 0.05) is 19.3 Å². The minimum Gasteiger partial charge on any atom is -0.349 e. The number of amides is 2. The third kappa shape index (κ3) is 7.10. The van der Waals surface area contributed by atoms with E-state index in [0.29, 0.717) is 16.9 Å². The van der Waals surface area contributed by atoms with Crippen molar-refractivity contribution in [2.75, 3.05) is 0 Å². The van der Waals surface area contributed by atoms with E-state index in [-0.39, 0.29) is 48.9 Å². The van der Waals surface area contributed by atoms with Crippen molar-refractivity contribution in [3.05, 3.63) is 41.1 Å². The van der Waals surface area contributed by atoms with E-state index in [1.54, 1.807) is 33.0 Å². The summed E-state index contributed by atoms with van der Waals surface area (Å²) in [5.74, 6) is -4.63. The molecule has 15 heteroatoms. The molecule has 0 saturated heterocycles. The molecule has 3 aromatic rings. The van der Waals surface area contributed by atoms with Crippen LogP contribution in [0, 0.1) is 18.8 Å². The highest BCUT2D eigenvalue weighted by Crippen LogP contribution is 2.41. The molecule has 1 fully saturated rings. The standard InChI is InChI=1S/C25H30F5N7O3/c1-13(2)20(33-19(38)6-9-25(28,29)30)16-10-18-32-17(12-37(18)31-11-16)22(15-4-7-24(26,27)8-5-15)34-23(39)21-14(3)35-40-36-21/h10-13,15,20,22H,4-9H2,1-3H3,(H,33,38)(H,34,39)/t20-,22-/m0/s1. The van der Waals surface area contributed by atoms with Gasteiger partial charge in [-0.25, -0.2) is 22.9 Å². The Kier molecular flexibility index (Phi) is 8.40. The normalized spacial score (nSPS) is 17.6. The Morgan fingerprint density at radius 2 is 1.88 bits per heavy atom. The Hall–Kier alpha value is -3.65. The molecule has 0 aliphatic heterocycles. The first kappa shape index (κ1) is 29.3. The maximum Gasteiger partial charge on any atom is 0.389 e. The van der Waals surface area contributed by atoms with Crippen molar-refractivity contribution in [1.82, 2.24) is 35.5 Å². The molecule has 10 nitrogen and oxygen atoms in total. The Bertz CT molecular complexity index is 1340. The molecule has 1 aliphatic rings. The second kappa shape index (κ2) is 11.5. The average molecular weight is 572 g/mol. The second-order valence-electron chi connectivity index (χ2n) is 10.5. The molecule has 2 atom stereocenters. The highest BCUT2D eigenvalue weighted by atomic mass is 19.4. The third-order valence-corrected chi connectivity index (χ3v) is 7.04. The molecule has 0 aromatic carbocycles. The molecule has 0 radical (unpaired) electrons. The van der Waals surface area contributed by atoms with Gasteiger partial charge in [0.15, 0.2) is 11.3 Å². The SMILES string of the molecule is Cc1nonc1C(=O)N[C@H](c1cn2ncc([C@@H](NC(=O)CCC(F)(F)F)C(C)C)cc2n1)C1CCC(F)(F)CC1. The fourth-order valence-corrected chi connectivity index (χ4v) is 4.84. The van der Waals surface area contributed by atoms with Gasteiger partial charge in [0.25, 0.3) is 5.91 Å². The predicted octanol–water partition coefficient (Wildman–Crippen LogP) is 4.87. The topological polar surface area (TPSA) is 127 Å². The van der Waals surface area contributed by atoms with Crippen molar-refractivity contribution < 1.29 is 36.2 Å². The summed E-state index contributed by atoms with van der Waals surface area (Å²) >= 11 is 0. The second-order valence-corrected chi connectivity index (χ2v) is 10.5. The molecular weight excluding hydrogens is 541 g/mol. The Balaban J connectivity index is 1.60. The molecule has 0 bridgehead atoms. The first-order chi connectivity index (χ1) is 18.7. The quantitative estimate of drug-likeness (QED) is 0.351. The van der Waals surface area contributed by atoms with Gasteiger partial charge in [0.05, 0.1) is 36.6 Å². The summed E-state index contributed by atoms with van der Waals surface area (Å²) in [5, 5.41) is 17.1. The van der Waals surface area contributed by atoms with E-state index in [4.69, 9.17) is 0 Å². The van der Waals surface area contributed by atoms with Gasteiger partial charge in [0.2, 0.25) is 11.8 Å². The molecule has 3 heterocycles. The minimum atomic E-state index is -4.44. The van der Waals surface area contributed by atoms with Crippen LogP contribution in [0.3, 0.4) is 0 Å². The van der Waals surface area contributed by atoms with Crippen molar-refractivity contribution in [2.24, 2.45) is 11.8 Å². The van der Waals surface area contributed by atoms with Crippen molar-refractivity contribution in [1.29, 1.82) is 0 Å². The van der Waals surface area contributed by atoms with Crippen LogP contribution in [0.15, 0.2) is 23.1 Å². The van der Waals surface area contributed by atoms with Gasteiger partial charge in [-0.3, -0.25) is 9.59 Å². The fraction of sp³-hybridized carbons (Fsp3) is 0.600. The molecule has 0 spiro atoms. The molecule has 1 aliphatic carbocycles.